The van der Waals surface area contributed by atoms with E-state index in [0.29, 0.717) is 12.1 Å². The van der Waals surface area contributed by atoms with Crippen molar-refractivity contribution < 1.29 is 0 Å². The average molecular weight is 797 g/mol. The summed E-state index contributed by atoms with van der Waals surface area (Å²) < 4.78 is 0. The Kier molecular flexibility index (Phi) is 22.0. The lowest BCUT2D eigenvalue weighted by Gasteiger charge is -2.50. The van der Waals surface area contributed by atoms with Gasteiger partial charge in [0.25, 0.3) is 0 Å². The number of nitrogens with one attached hydrogen (secondary N) is 3. The highest BCUT2D eigenvalue weighted by Gasteiger charge is 2.43. The van der Waals surface area contributed by atoms with Crippen LogP contribution in [0.15, 0.2) is 0 Å². The molecular weight excluding hydrogens is 701 g/mol. The van der Waals surface area contributed by atoms with E-state index in [0.717, 1.165) is 76.0 Å². The summed E-state index contributed by atoms with van der Waals surface area (Å²) in [6.45, 7) is 28.8. The Bertz CT molecular complexity index is 1100. The molecule has 1 aromatic rings. The fourth-order valence-electron chi connectivity index (χ4n) is 10.5. The van der Waals surface area contributed by atoms with Gasteiger partial charge in [0.05, 0.1) is 0 Å². The topological polar surface area (TPSA) is 81.2 Å². The third kappa shape index (κ3) is 19.5. The van der Waals surface area contributed by atoms with Crippen molar-refractivity contribution in [3.05, 3.63) is 0 Å². The van der Waals surface area contributed by atoms with Crippen molar-refractivity contribution in [2.75, 3.05) is 34.8 Å². The Hall–Kier alpha value is -1.67. The van der Waals surface area contributed by atoms with E-state index in [9.17, 15) is 0 Å². The molecule has 1 aromatic heterocycles. The van der Waals surface area contributed by atoms with Crippen LogP contribution in [0.5, 0.6) is 0 Å². The SMILES string of the molecule is CCCCCCCCCCCCN(c1nc(NCCCC)nc(N(CCCCCCCCCCCC)C2CC(C)(C)NC(C)(C)C2)n1)C1CC(C)(C)NC(C)(C)C1. The molecule has 2 saturated heterocycles. The van der Waals surface area contributed by atoms with Gasteiger partial charge in [-0.3, -0.25) is 0 Å². The molecule has 2 aliphatic heterocycles. The summed E-state index contributed by atoms with van der Waals surface area (Å²) in [7, 11) is 0. The van der Waals surface area contributed by atoms with Crippen LogP contribution >= 0.6 is 0 Å². The molecule has 8 heteroatoms. The monoisotopic (exact) mass is 797 g/mol. The minimum absolute atomic E-state index is 0.0360. The van der Waals surface area contributed by atoms with Gasteiger partial charge in [-0.2, -0.15) is 15.0 Å². The highest BCUT2D eigenvalue weighted by molar-refractivity contribution is 5.47. The molecule has 3 N–H and O–H groups in total. The predicted octanol–water partition coefficient (Wildman–Crippen LogP) is 13.2. The molecule has 2 fully saturated rings. The van der Waals surface area contributed by atoms with Crippen molar-refractivity contribution in [1.29, 1.82) is 0 Å². The fraction of sp³-hybridized carbons (Fsp3) is 0.939. The summed E-state index contributed by atoms with van der Waals surface area (Å²) in [5.74, 6) is 2.52. The largest absolute Gasteiger partial charge is 0.354 e. The molecule has 0 saturated carbocycles. The van der Waals surface area contributed by atoms with Crippen LogP contribution in [0.4, 0.5) is 17.8 Å². The van der Waals surface area contributed by atoms with Crippen LogP contribution in [0.2, 0.25) is 0 Å². The number of unbranched alkanes of at least 4 members (excludes halogenated alkanes) is 19. The van der Waals surface area contributed by atoms with Gasteiger partial charge in [0.2, 0.25) is 17.8 Å². The summed E-state index contributed by atoms with van der Waals surface area (Å²) in [6, 6.07) is 0.724. The minimum Gasteiger partial charge on any atom is -0.354 e. The lowest BCUT2D eigenvalue weighted by Crippen LogP contribution is -2.63. The second kappa shape index (κ2) is 25.2. The first-order chi connectivity index (χ1) is 27.1. The Morgan fingerprint density at radius 1 is 0.439 bits per heavy atom. The van der Waals surface area contributed by atoms with E-state index in [2.05, 4.69) is 102 Å². The molecule has 332 valence electrons. The lowest BCUT2D eigenvalue weighted by molar-refractivity contribution is 0.157. The zero-order valence-electron chi connectivity index (χ0n) is 39.9. The van der Waals surface area contributed by atoms with Gasteiger partial charge in [-0.25, -0.2) is 0 Å². The normalized spacial score (nSPS) is 19.1. The molecule has 8 nitrogen and oxygen atoms in total. The summed E-state index contributed by atoms with van der Waals surface area (Å²) in [5, 5.41) is 11.6. The van der Waals surface area contributed by atoms with Gasteiger partial charge in [-0.15, -0.1) is 0 Å². The van der Waals surface area contributed by atoms with Gasteiger partial charge in [-0.1, -0.05) is 143 Å². The van der Waals surface area contributed by atoms with Crippen LogP contribution < -0.4 is 25.8 Å². The molecule has 0 aromatic carbocycles. The van der Waals surface area contributed by atoms with E-state index >= 15 is 0 Å². The van der Waals surface area contributed by atoms with Gasteiger partial charge in [0.15, 0.2) is 0 Å². The van der Waals surface area contributed by atoms with Crippen LogP contribution in [0, 0.1) is 0 Å². The maximum atomic E-state index is 5.58. The zero-order valence-corrected chi connectivity index (χ0v) is 39.9. The van der Waals surface area contributed by atoms with E-state index in [1.54, 1.807) is 0 Å². The molecule has 0 aliphatic carbocycles. The molecule has 0 atom stereocenters. The number of anilines is 3. The third-order valence-corrected chi connectivity index (χ3v) is 12.7. The van der Waals surface area contributed by atoms with Gasteiger partial charge >= 0.3 is 0 Å². The second-order valence-electron chi connectivity index (χ2n) is 21.2. The highest BCUT2D eigenvalue weighted by atomic mass is 15.4. The number of hydrogen-bond acceptors (Lipinski definition) is 8. The highest BCUT2D eigenvalue weighted by Crippen LogP contribution is 2.36. The quantitative estimate of drug-likeness (QED) is 0.0664. The van der Waals surface area contributed by atoms with Crippen molar-refractivity contribution >= 4 is 17.8 Å². The first kappa shape index (κ1) is 49.7. The molecule has 0 unspecified atom stereocenters. The first-order valence-electron chi connectivity index (χ1n) is 24.7. The number of nitrogens with zero attached hydrogens (tertiary/aromatic N) is 5. The molecule has 0 spiro atoms. The zero-order chi connectivity index (χ0) is 41.8. The summed E-state index contributed by atoms with van der Waals surface area (Å²) >= 11 is 0. The number of piperidine rings is 2. The molecular formula is C49H96N8. The van der Waals surface area contributed by atoms with Crippen molar-refractivity contribution in [2.24, 2.45) is 0 Å². The van der Waals surface area contributed by atoms with Gasteiger partial charge in [0, 0.05) is 53.9 Å². The maximum absolute atomic E-state index is 5.58. The smallest absolute Gasteiger partial charge is 0.232 e. The molecule has 3 heterocycles. The Morgan fingerprint density at radius 3 is 1.05 bits per heavy atom. The summed E-state index contributed by atoms with van der Waals surface area (Å²) in [5.41, 5.74) is 0.144. The van der Waals surface area contributed by atoms with E-state index in [-0.39, 0.29) is 22.2 Å². The molecule has 0 amide bonds. The van der Waals surface area contributed by atoms with Crippen LogP contribution in [0.3, 0.4) is 0 Å². The Labute approximate surface area is 354 Å². The van der Waals surface area contributed by atoms with Crippen LogP contribution in [0.1, 0.15) is 243 Å². The number of aromatic nitrogens is 3. The fourth-order valence-corrected chi connectivity index (χ4v) is 10.5. The van der Waals surface area contributed by atoms with Crippen molar-refractivity contribution in [3.8, 4) is 0 Å². The van der Waals surface area contributed by atoms with Crippen molar-refractivity contribution in [1.82, 2.24) is 25.6 Å². The minimum atomic E-state index is 0.0360. The third-order valence-electron chi connectivity index (χ3n) is 12.7. The van der Waals surface area contributed by atoms with Gasteiger partial charge in [-0.05, 0) is 100 Å². The van der Waals surface area contributed by atoms with Gasteiger partial charge < -0.3 is 25.8 Å². The molecule has 0 bridgehead atoms. The van der Waals surface area contributed by atoms with E-state index < -0.39 is 0 Å². The van der Waals surface area contributed by atoms with E-state index in [1.165, 1.54) is 128 Å². The van der Waals surface area contributed by atoms with Crippen molar-refractivity contribution in [3.63, 3.8) is 0 Å². The van der Waals surface area contributed by atoms with Crippen LogP contribution in [-0.4, -0.2) is 68.8 Å². The van der Waals surface area contributed by atoms with Crippen molar-refractivity contribution in [2.45, 2.75) is 277 Å². The first-order valence-corrected chi connectivity index (χ1v) is 24.7. The molecule has 2 aliphatic rings. The summed E-state index contributed by atoms with van der Waals surface area (Å²) in [4.78, 5) is 21.5. The second-order valence-corrected chi connectivity index (χ2v) is 21.2. The summed E-state index contributed by atoms with van der Waals surface area (Å²) in [6.07, 6.45) is 33.4. The number of hydrogen-bond donors (Lipinski definition) is 3. The standard InChI is InChI=1S/C49H96N8/c1-12-15-18-20-22-24-26-28-30-32-35-56(41-37-46(4,5)54-47(6,7)38-41)44-51-43(50-34-17-14-3)52-45(53-44)57(42-39-48(8,9)55-49(10,11)40-42)36-33-31-29-27-25-23-21-19-16-13-2/h41-42,54-55H,12-40H2,1-11H3,(H,50,51,52,53). The maximum Gasteiger partial charge on any atom is 0.232 e. The predicted molar refractivity (Wildman–Crippen MR) is 250 cm³/mol. The molecule has 57 heavy (non-hydrogen) atoms. The van der Waals surface area contributed by atoms with E-state index in [1.807, 2.05) is 0 Å². The number of rotatable bonds is 30. The lowest BCUT2D eigenvalue weighted by atomic mass is 9.79. The van der Waals surface area contributed by atoms with Crippen LogP contribution in [-0.2, 0) is 0 Å². The van der Waals surface area contributed by atoms with Gasteiger partial charge in [0.1, 0.15) is 0 Å². The molecule has 3 rings (SSSR count). The average Bonchev–Trinajstić information content (AvgIpc) is 3.10. The Balaban J connectivity index is 1.91. The molecule has 0 radical (unpaired) electrons. The Morgan fingerprint density at radius 2 is 0.737 bits per heavy atom. The van der Waals surface area contributed by atoms with E-state index in [4.69, 9.17) is 15.0 Å². The van der Waals surface area contributed by atoms with Crippen LogP contribution in [0.25, 0.3) is 0 Å².